The van der Waals surface area contributed by atoms with Gasteiger partial charge in [0.2, 0.25) is 0 Å². The van der Waals surface area contributed by atoms with Crippen LogP contribution in [0.25, 0.3) is 0 Å². The third-order valence-corrected chi connectivity index (χ3v) is 2.01. The van der Waals surface area contributed by atoms with Crippen molar-refractivity contribution < 1.29 is 14.6 Å². The number of carboxylic acid groups (broad SMARTS) is 1. The maximum absolute atomic E-state index is 10.3. The minimum atomic E-state index is -1.06. The van der Waals surface area contributed by atoms with Crippen LogP contribution in [0.1, 0.15) is 12.8 Å². The quantitative estimate of drug-likeness (QED) is 0.641. The van der Waals surface area contributed by atoms with Crippen LogP contribution in [0.15, 0.2) is 4.99 Å². The first-order valence-corrected chi connectivity index (χ1v) is 4.48. The van der Waals surface area contributed by atoms with Gasteiger partial charge in [0.25, 0.3) is 0 Å². The number of hydrogen-bond acceptors (Lipinski definition) is 5. The highest BCUT2D eigenvalue weighted by atomic mass is 35.5. The topological polar surface area (TPSA) is 111 Å². The zero-order valence-electron chi connectivity index (χ0n) is 8.67. The Hall–Kier alpha value is -0.560. The number of hydrogen-bond donors (Lipinski definition) is 3. The molecule has 0 radical (unpaired) electrons. The lowest BCUT2D eigenvalue weighted by Crippen LogP contribution is -2.35. The van der Waals surface area contributed by atoms with E-state index in [0.29, 0.717) is 12.4 Å². The average molecular weight is 274 g/mol. The van der Waals surface area contributed by atoms with Crippen molar-refractivity contribution in [1.82, 2.24) is 0 Å². The van der Waals surface area contributed by atoms with Gasteiger partial charge in [0.05, 0.1) is 25.1 Å². The van der Waals surface area contributed by atoms with E-state index in [9.17, 15) is 4.79 Å². The van der Waals surface area contributed by atoms with Crippen molar-refractivity contribution in [3.8, 4) is 0 Å². The third-order valence-electron chi connectivity index (χ3n) is 2.01. The summed E-state index contributed by atoms with van der Waals surface area (Å²) in [5, 5.41) is 8.46. The number of carbonyl (C=O) groups is 1. The zero-order chi connectivity index (χ0) is 10.6. The van der Waals surface area contributed by atoms with Crippen LogP contribution in [-0.2, 0) is 9.53 Å². The predicted molar refractivity (Wildman–Crippen MR) is 65.6 cm³/mol. The van der Waals surface area contributed by atoms with Crippen molar-refractivity contribution in [2.45, 2.75) is 24.9 Å². The van der Waals surface area contributed by atoms with Crippen molar-refractivity contribution in [2.75, 3.05) is 13.2 Å². The fraction of sp³-hybridized carbons (Fsp3) is 0.750. The normalized spacial score (nSPS) is 20.3. The third kappa shape index (κ3) is 6.12. The summed E-state index contributed by atoms with van der Waals surface area (Å²) in [5.41, 5.74) is 10.7. The number of rotatable bonds is 5. The van der Waals surface area contributed by atoms with Crippen molar-refractivity contribution in [1.29, 1.82) is 0 Å². The van der Waals surface area contributed by atoms with E-state index in [-0.39, 0.29) is 37.5 Å². The Morgan fingerprint density at radius 3 is 2.69 bits per heavy atom. The van der Waals surface area contributed by atoms with Crippen molar-refractivity contribution in [3.63, 3.8) is 0 Å². The van der Waals surface area contributed by atoms with E-state index in [4.69, 9.17) is 21.3 Å². The van der Waals surface area contributed by atoms with E-state index in [0.717, 1.165) is 12.8 Å². The molecular weight excluding hydrogens is 257 g/mol. The first kappa shape index (κ1) is 17.8. The number of ether oxygens (including phenoxy) is 1. The molecule has 16 heavy (non-hydrogen) atoms. The SMILES string of the molecule is Cl.Cl.NC1=N[C@H](COC[C@H](N)C(=O)O)CC1. The Morgan fingerprint density at radius 2 is 2.25 bits per heavy atom. The Morgan fingerprint density at radius 1 is 1.62 bits per heavy atom. The van der Waals surface area contributed by atoms with E-state index in [2.05, 4.69) is 4.99 Å². The van der Waals surface area contributed by atoms with E-state index in [1.54, 1.807) is 0 Å². The Bertz CT molecular complexity index is 251. The Kier molecular flexibility index (Phi) is 9.55. The molecule has 1 rings (SSSR count). The van der Waals surface area contributed by atoms with E-state index < -0.39 is 12.0 Å². The fourth-order valence-corrected chi connectivity index (χ4v) is 1.20. The molecule has 1 heterocycles. The molecule has 0 unspecified atom stereocenters. The number of aliphatic carboxylic acids is 1. The van der Waals surface area contributed by atoms with Crippen molar-refractivity contribution in [2.24, 2.45) is 16.5 Å². The fourth-order valence-electron chi connectivity index (χ4n) is 1.20. The molecule has 0 bridgehead atoms. The summed E-state index contributed by atoms with van der Waals surface area (Å²) in [6, 6.07) is -0.895. The minimum Gasteiger partial charge on any atom is -0.480 e. The first-order chi connectivity index (χ1) is 6.59. The molecule has 0 spiro atoms. The second kappa shape index (κ2) is 8.58. The molecule has 2 atom stereocenters. The average Bonchev–Trinajstić information content (AvgIpc) is 2.51. The molecule has 0 fully saturated rings. The van der Waals surface area contributed by atoms with Crippen LogP contribution in [-0.4, -0.2) is 42.2 Å². The second-order valence-electron chi connectivity index (χ2n) is 3.30. The molecule has 1 aliphatic heterocycles. The maximum atomic E-state index is 10.3. The summed E-state index contributed by atoms with van der Waals surface area (Å²) in [6.45, 7) is 0.406. The van der Waals surface area contributed by atoms with E-state index in [1.807, 2.05) is 0 Å². The van der Waals surface area contributed by atoms with E-state index >= 15 is 0 Å². The van der Waals surface area contributed by atoms with Gasteiger partial charge >= 0.3 is 5.97 Å². The molecule has 0 aromatic heterocycles. The molecule has 96 valence electrons. The number of carboxylic acids is 1. The van der Waals surface area contributed by atoms with Gasteiger partial charge in [-0.15, -0.1) is 24.8 Å². The monoisotopic (exact) mass is 273 g/mol. The van der Waals surface area contributed by atoms with Gasteiger partial charge < -0.3 is 21.3 Å². The van der Waals surface area contributed by atoms with Gasteiger partial charge in [0, 0.05) is 6.42 Å². The van der Waals surface area contributed by atoms with Gasteiger partial charge in [0.15, 0.2) is 0 Å². The standard InChI is InChI=1S/C8H15N3O3.2ClH/c9-6(8(12)13)4-14-3-5-1-2-7(10)11-5;;/h5-6H,1-4,9H2,(H2,10,11)(H,12,13);2*1H/t5-,6-;;/m0../s1. The lowest BCUT2D eigenvalue weighted by atomic mass is 10.2. The Labute approximate surface area is 106 Å². The van der Waals surface area contributed by atoms with Crippen LogP contribution in [0.4, 0.5) is 0 Å². The molecule has 5 N–H and O–H groups in total. The number of aliphatic imine (C=N–C) groups is 1. The molecular formula is C8H17Cl2N3O3. The molecule has 1 aliphatic rings. The van der Waals surface area contributed by atoms with Gasteiger partial charge in [-0.3, -0.25) is 9.79 Å². The van der Waals surface area contributed by atoms with Crippen LogP contribution >= 0.6 is 24.8 Å². The summed E-state index contributed by atoms with van der Waals surface area (Å²) in [7, 11) is 0. The first-order valence-electron chi connectivity index (χ1n) is 4.48. The van der Waals surface area contributed by atoms with Crippen LogP contribution in [0.3, 0.4) is 0 Å². The van der Waals surface area contributed by atoms with Gasteiger partial charge in [-0.2, -0.15) is 0 Å². The van der Waals surface area contributed by atoms with Crippen LogP contribution in [0.5, 0.6) is 0 Å². The second-order valence-corrected chi connectivity index (χ2v) is 3.30. The molecule has 6 nitrogen and oxygen atoms in total. The molecule has 0 aromatic rings. The smallest absolute Gasteiger partial charge is 0.322 e. The molecule has 0 saturated carbocycles. The number of halogens is 2. The van der Waals surface area contributed by atoms with Crippen LogP contribution in [0, 0.1) is 0 Å². The number of nitrogens with two attached hydrogens (primary N) is 2. The highest BCUT2D eigenvalue weighted by Crippen LogP contribution is 2.10. The van der Waals surface area contributed by atoms with Crippen LogP contribution in [0.2, 0.25) is 0 Å². The van der Waals surface area contributed by atoms with Crippen molar-refractivity contribution >= 4 is 36.6 Å². The summed E-state index contributed by atoms with van der Waals surface area (Å²) >= 11 is 0. The lowest BCUT2D eigenvalue weighted by Gasteiger charge is -2.09. The van der Waals surface area contributed by atoms with Crippen LogP contribution < -0.4 is 11.5 Å². The van der Waals surface area contributed by atoms with Gasteiger partial charge in [0.1, 0.15) is 6.04 Å². The Balaban J connectivity index is 0. The largest absolute Gasteiger partial charge is 0.480 e. The molecule has 0 saturated heterocycles. The summed E-state index contributed by atoms with van der Waals surface area (Å²) in [5.74, 6) is -0.416. The maximum Gasteiger partial charge on any atom is 0.322 e. The number of nitrogens with zero attached hydrogens (tertiary/aromatic N) is 1. The highest BCUT2D eigenvalue weighted by molar-refractivity contribution is 5.85. The molecule has 0 amide bonds. The minimum absolute atomic E-state index is 0. The molecule has 0 aliphatic carbocycles. The summed E-state index contributed by atoms with van der Waals surface area (Å²) in [6.07, 6.45) is 1.66. The number of amidine groups is 1. The van der Waals surface area contributed by atoms with E-state index in [1.165, 1.54) is 0 Å². The zero-order valence-corrected chi connectivity index (χ0v) is 10.3. The summed E-state index contributed by atoms with van der Waals surface area (Å²) < 4.78 is 5.12. The summed E-state index contributed by atoms with van der Waals surface area (Å²) in [4.78, 5) is 14.4. The predicted octanol–water partition coefficient (Wildman–Crippen LogP) is -0.222. The highest BCUT2D eigenvalue weighted by Gasteiger charge is 2.17. The van der Waals surface area contributed by atoms with Gasteiger partial charge in [-0.25, -0.2) is 0 Å². The van der Waals surface area contributed by atoms with Crippen molar-refractivity contribution in [3.05, 3.63) is 0 Å². The lowest BCUT2D eigenvalue weighted by molar-refractivity contribution is -0.140. The van der Waals surface area contributed by atoms with Gasteiger partial charge in [-0.05, 0) is 6.42 Å². The molecule has 0 aromatic carbocycles. The van der Waals surface area contributed by atoms with Gasteiger partial charge in [-0.1, -0.05) is 0 Å². The molecule has 8 heteroatoms.